The molecule has 0 radical (unpaired) electrons. The molecule has 0 bridgehead atoms. The van der Waals surface area contributed by atoms with Gasteiger partial charge in [-0.2, -0.15) is 0 Å². The molecule has 0 fully saturated rings. The second kappa shape index (κ2) is 5.70. The SMILES string of the molecule is CCc1c(O[P+](=O)O)ccc([N+](=O)[O-])c1CC. The van der Waals surface area contributed by atoms with Gasteiger partial charge in [-0.15, -0.1) is 4.89 Å². The van der Waals surface area contributed by atoms with Crippen LogP contribution in [-0.4, -0.2) is 9.82 Å². The summed E-state index contributed by atoms with van der Waals surface area (Å²) in [5, 5.41) is 10.8. The van der Waals surface area contributed by atoms with Crippen molar-refractivity contribution >= 4 is 13.9 Å². The normalized spacial score (nSPS) is 11.1. The Labute approximate surface area is 99.3 Å². The Hall–Kier alpha value is -1.52. The van der Waals surface area contributed by atoms with E-state index < -0.39 is 13.2 Å². The molecule has 0 saturated carbocycles. The van der Waals surface area contributed by atoms with Crippen molar-refractivity contribution in [1.29, 1.82) is 0 Å². The fraction of sp³-hybridized carbons (Fsp3) is 0.400. The third-order valence-electron chi connectivity index (χ3n) is 2.44. The lowest BCUT2D eigenvalue weighted by Crippen LogP contribution is -2.01. The summed E-state index contributed by atoms with van der Waals surface area (Å²) in [5.41, 5.74) is 1.18. The predicted octanol–water partition coefficient (Wildman–Crippen LogP) is 2.75. The second-order valence-electron chi connectivity index (χ2n) is 3.33. The molecule has 1 atom stereocenters. The third kappa shape index (κ3) is 2.99. The molecule has 1 aromatic rings. The average Bonchev–Trinajstić information content (AvgIpc) is 2.26. The molecule has 0 amide bonds. The molecule has 0 spiro atoms. The maximum Gasteiger partial charge on any atom is 0.747 e. The summed E-state index contributed by atoms with van der Waals surface area (Å²) < 4.78 is 15.4. The zero-order valence-corrected chi connectivity index (χ0v) is 10.4. The van der Waals surface area contributed by atoms with Gasteiger partial charge in [0.25, 0.3) is 5.69 Å². The van der Waals surface area contributed by atoms with Crippen LogP contribution in [0.15, 0.2) is 12.1 Å². The molecular weight excluding hydrogens is 245 g/mol. The summed E-state index contributed by atoms with van der Waals surface area (Å²) in [6, 6.07) is 2.66. The summed E-state index contributed by atoms with van der Waals surface area (Å²) >= 11 is 0. The standard InChI is InChI=1S/C10H12NO5P/c1-3-7-8(4-2)10(16-17(14)15)6-5-9(7)11(12)13/h5-6H,3-4H2,1-2H3/p+1. The molecule has 0 aliphatic carbocycles. The first kappa shape index (κ1) is 13.5. The van der Waals surface area contributed by atoms with E-state index in [9.17, 15) is 14.7 Å². The van der Waals surface area contributed by atoms with Crippen LogP contribution < -0.4 is 4.52 Å². The number of nitro benzene ring substituents is 1. The van der Waals surface area contributed by atoms with E-state index in [4.69, 9.17) is 9.42 Å². The molecule has 7 heteroatoms. The minimum atomic E-state index is -2.76. The van der Waals surface area contributed by atoms with Gasteiger partial charge in [0.2, 0.25) is 0 Å². The van der Waals surface area contributed by atoms with Crippen LogP contribution in [0.5, 0.6) is 5.75 Å². The van der Waals surface area contributed by atoms with E-state index in [0.29, 0.717) is 24.0 Å². The van der Waals surface area contributed by atoms with Gasteiger partial charge in [-0.1, -0.05) is 13.8 Å². The molecule has 17 heavy (non-hydrogen) atoms. The summed E-state index contributed by atoms with van der Waals surface area (Å²) in [7, 11) is -2.76. The molecule has 1 N–H and O–H groups in total. The fourth-order valence-corrected chi connectivity index (χ4v) is 2.12. The van der Waals surface area contributed by atoms with Gasteiger partial charge in [0.05, 0.1) is 4.92 Å². The molecule has 0 aromatic heterocycles. The zero-order chi connectivity index (χ0) is 13.0. The smallest absolute Gasteiger partial charge is 0.258 e. The highest BCUT2D eigenvalue weighted by Gasteiger charge is 2.24. The van der Waals surface area contributed by atoms with Crippen molar-refractivity contribution in [3.05, 3.63) is 33.4 Å². The Morgan fingerprint density at radius 1 is 1.35 bits per heavy atom. The molecule has 1 unspecified atom stereocenters. The van der Waals surface area contributed by atoms with Crippen LogP contribution in [0.2, 0.25) is 0 Å². The first-order valence-corrected chi connectivity index (χ1v) is 6.27. The van der Waals surface area contributed by atoms with Gasteiger partial charge in [-0.25, -0.2) is 4.52 Å². The van der Waals surface area contributed by atoms with Crippen molar-refractivity contribution in [1.82, 2.24) is 0 Å². The highest BCUT2D eigenvalue weighted by Crippen LogP contribution is 2.34. The molecule has 0 aliphatic rings. The van der Waals surface area contributed by atoms with E-state index in [-0.39, 0.29) is 11.4 Å². The highest BCUT2D eigenvalue weighted by atomic mass is 31.1. The molecule has 0 saturated heterocycles. The van der Waals surface area contributed by atoms with Crippen molar-refractivity contribution in [2.45, 2.75) is 26.7 Å². The van der Waals surface area contributed by atoms with E-state index in [0.717, 1.165) is 0 Å². The fourth-order valence-electron chi connectivity index (χ4n) is 1.78. The Morgan fingerprint density at radius 2 is 1.94 bits per heavy atom. The number of nitro groups is 1. The van der Waals surface area contributed by atoms with Crippen LogP contribution in [0, 0.1) is 10.1 Å². The lowest BCUT2D eigenvalue weighted by Gasteiger charge is -2.08. The Morgan fingerprint density at radius 3 is 2.35 bits per heavy atom. The van der Waals surface area contributed by atoms with Gasteiger partial charge in [-0.05, 0) is 18.9 Å². The molecule has 6 nitrogen and oxygen atoms in total. The van der Waals surface area contributed by atoms with Crippen LogP contribution >= 0.6 is 8.25 Å². The number of rotatable bonds is 5. The molecule has 0 aliphatic heterocycles. The Kier molecular flexibility index (Phi) is 4.54. The van der Waals surface area contributed by atoms with E-state index in [2.05, 4.69) is 0 Å². The van der Waals surface area contributed by atoms with Gasteiger partial charge < -0.3 is 0 Å². The zero-order valence-electron chi connectivity index (χ0n) is 9.54. The largest absolute Gasteiger partial charge is 0.747 e. The molecule has 0 heterocycles. The van der Waals surface area contributed by atoms with Crippen LogP contribution in [-0.2, 0) is 17.4 Å². The average molecular weight is 258 g/mol. The van der Waals surface area contributed by atoms with E-state index in [1.54, 1.807) is 6.92 Å². The summed E-state index contributed by atoms with van der Waals surface area (Å²) in [6.07, 6.45) is 0.974. The second-order valence-corrected chi connectivity index (χ2v) is 3.99. The van der Waals surface area contributed by atoms with Gasteiger partial charge in [-0.3, -0.25) is 10.1 Å². The molecule has 1 aromatic carbocycles. The lowest BCUT2D eigenvalue weighted by atomic mass is 10.00. The summed E-state index contributed by atoms with van der Waals surface area (Å²) in [4.78, 5) is 19.1. The Balaban J connectivity index is 3.37. The van der Waals surface area contributed by atoms with Crippen molar-refractivity contribution in [3.8, 4) is 5.75 Å². The quantitative estimate of drug-likeness (QED) is 0.498. The summed E-state index contributed by atoms with van der Waals surface area (Å²) in [6.45, 7) is 3.61. The van der Waals surface area contributed by atoms with Crippen LogP contribution in [0.1, 0.15) is 25.0 Å². The number of hydrogen-bond acceptors (Lipinski definition) is 4. The minimum absolute atomic E-state index is 0.0184. The number of hydrogen-bond donors (Lipinski definition) is 1. The number of nitrogens with zero attached hydrogens (tertiary/aromatic N) is 1. The minimum Gasteiger partial charge on any atom is -0.258 e. The van der Waals surface area contributed by atoms with Crippen molar-refractivity contribution in [3.63, 3.8) is 0 Å². The molecule has 1 rings (SSSR count). The topological polar surface area (TPSA) is 89.7 Å². The van der Waals surface area contributed by atoms with Gasteiger partial charge in [0, 0.05) is 21.8 Å². The lowest BCUT2D eigenvalue weighted by molar-refractivity contribution is -0.385. The maximum absolute atomic E-state index is 10.8. The maximum atomic E-state index is 10.8. The van der Waals surface area contributed by atoms with E-state index in [1.807, 2.05) is 6.92 Å². The van der Waals surface area contributed by atoms with E-state index in [1.165, 1.54) is 12.1 Å². The molecular formula is C10H13NO5P+. The first-order valence-electron chi connectivity index (χ1n) is 5.14. The molecule has 92 valence electrons. The van der Waals surface area contributed by atoms with E-state index >= 15 is 0 Å². The summed E-state index contributed by atoms with van der Waals surface area (Å²) in [5.74, 6) is 0.235. The third-order valence-corrected chi connectivity index (χ3v) is 2.80. The monoisotopic (exact) mass is 258 g/mol. The van der Waals surface area contributed by atoms with Gasteiger partial charge >= 0.3 is 8.25 Å². The van der Waals surface area contributed by atoms with Crippen molar-refractivity contribution in [2.75, 3.05) is 0 Å². The predicted molar refractivity (Wildman–Crippen MR) is 62.3 cm³/mol. The first-order chi connectivity index (χ1) is 8.01. The van der Waals surface area contributed by atoms with Gasteiger partial charge in [0.15, 0.2) is 5.75 Å². The van der Waals surface area contributed by atoms with Crippen LogP contribution in [0.3, 0.4) is 0 Å². The van der Waals surface area contributed by atoms with Crippen molar-refractivity contribution in [2.24, 2.45) is 0 Å². The Bertz CT molecular complexity index is 460. The van der Waals surface area contributed by atoms with Crippen LogP contribution in [0.4, 0.5) is 5.69 Å². The van der Waals surface area contributed by atoms with Crippen LogP contribution in [0.25, 0.3) is 0 Å². The highest BCUT2D eigenvalue weighted by molar-refractivity contribution is 7.32. The van der Waals surface area contributed by atoms with Crippen molar-refractivity contribution < 1.29 is 18.9 Å². The van der Waals surface area contributed by atoms with Gasteiger partial charge in [0.1, 0.15) is 0 Å². The number of benzene rings is 1.